The normalized spacial score (nSPS) is 37.8. The number of carbonyl (C=O) groups excluding carboxylic acids is 4. The fourth-order valence-corrected chi connectivity index (χ4v) is 15.0. The standard InChI is InChI=1S/C49H69ClN2O6/c1-27(2)40-37(54)26-49(21-22-51-44(58)46(6,7)52-42(55)29-11-10-12-31(50)23-29)20-16-35-32(41(40)49)13-14-39-47(35,8)19-17-38-45(4,5)30(15-18-48(38,39)9)24-36(53)33-25-34(28(33)3)43(56)57/h10-12,23,27-28,30,32-35,38-39H,13-22,24-26H2,1-9H3,(H,51,58)(H,52,55)(H,56,57). The van der Waals surface area contributed by atoms with Crippen LogP contribution < -0.4 is 10.6 Å². The Kier molecular flexibility index (Phi) is 11.3. The maximum atomic E-state index is 14.1. The molecule has 11 atom stereocenters. The van der Waals surface area contributed by atoms with Crippen molar-refractivity contribution in [2.75, 3.05) is 6.54 Å². The van der Waals surface area contributed by atoms with E-state index in [9.17, 15) is 29.1 Å². The third kappa shape index (κ3) is 7.01. The highest BCUT2D eigenvalue weighted by Gasteiger charge is 2.66. The molecular weight excluding hydrogens is 748 g/mol. The Bertz CT molecular complexity index is 1900. The topological polar surface area (TPSA) is 130 Å². The Hall–Kier alpha value is -3.00. The smallest absolute Gasteiger partial charge is 0.306 e. The molecule has 318 valence electrons. The van der Waals surface area contributed by atoms with Gasteiger partial charge in [-0.1, -0.05) is 71.7 Å². The predicted octanol–water partition coefficient (Wildman–Crippen LogP) is 9.88. The van der Waals surface area contributed by atoms with Crippen molar-refractivity contribution in [3.05, 3.63) is 46.0 Å². The molecule has 1 aromatic rings. The van der Waals surface area contributed by atoms with E-state index in [2.05, 4.69) is 52.2 Å². The molecule has 6 aliphatic carbocycles. The van der Waals surface area contributed by atoms with Crippen LogP contribution in [0, 0.1) is 74.9 Å². The highest BCUT2D eigenvalue weighted by Crippen LogP contribution is 2.74. The van der Waals surface area contributed by atoms with Gasteiger partial charge in [-0.3, -0.25) is 24.0 Å². The molecule has 9 heteroatoms. The van der Waals surface area contributed by atoms with E-state index < -0.39 is 11.5 Å². The summed E-state index contributed by atoms with van der Waals surface area (Å²) in [6.45, 7) is 20.2. The van der Waals surface area contributed by atoms with E-state index >= 15 is 0 Å². The molecule has 0 radical (unpaired) electrons. The number of nitrogens with one attached hydrogen (secondary N) is 2. The number of carboxylic acid groups (broad SMARTS) is 1. The summed E-state index contributed by atoms with van der Waals surface area (Å²) in [5.41, 5.74) is 1.82. The number of ketones is 2. The van der Waals surface area contributed by atoms with E-state index in [4.69, 9.17) is 11.6 Å². The zero-order valence-corrected chi connectivity index (χ0v) is 37.3. The lowest BCUT2D eigenvalue weighted by molar-refractivity contribution is -0.193. The minimum absolute atomic E-state index is 0.0179. The van der Waals surface area contributed by atoms with Gasteiger partial charge < -0.3 is 15.7 Å². The Labute approximate surface area is 351 Å². The minimum Gasteiger partial charge on any atom is -0.481 e. The van der Waals surface area contributed by atoms with E-state index in [1.165, 1.54) is 12.0 Å². The number of hydrogen-bond acceptors (Lipinski definition) is 5. The molecule has 0 bridgehead atoms. The minimum atomic E-state index is -1.14. The van der Waals surface area contributed by atoms with Gasteiger partial charge in [-0.25, -0.2) is 0 Å². The van der Waals surface area contributed by atoms with Crippen LogP contribution in [0.15, 0.2) is 35.4 Å². The first-order valence-electron chi connectivity index (χ1n) is 22.5. The summed E-state index contributed by atoms with van der Waals surface area (Å²) in [7, 11) is 0. The van der Waals surface area contributed by atoms with Crippen molar-refractivity contribution in [1.82, 2.24) is 10.6 Å². The van der Waals surface area contributed by atoms with Crippen molar-refractivity contribution in [2.45, 2.75) is 145 Å². The van der Waals surface area contributed by atoms with Crippen molar-refractivity contribution in [1.29, 1.82) is 0 Å². The van der Waals surface area contributed by atoms with Crippen LogP contribution in [0.3, 0.4) is 0 Å². The third-order valence-electron chi connectivity index (χ3n) is 17.9. The SMILES string of the molecule is CC(C)C1=C2C3CCC4C(C)(CCC5C(C)(C)C(CC(=O)C6CC(C(=O)O)C6C)CCC54C)C3CCC2(CCNC(=O)C(C)(C)NC(=O)c2cccc(Cl)c2)CC1=O. The van der Waals surface area contributed by atoms with Gasteiger partial charge in [-0.05, 0) is 159 Å². The molecule has 3 N–H and O–H groups in total. The maximum Gasteiger partial charge on any atom is 0.306 e. The third-order valence-corrected chi connectivity index (χ3v) is 18.1. The molecule has 6 aliphatic rings. The van der Waals surface area contributed by atoms with Gasteiger partial charge in [0.15, 0.2) is 5.78 Å². The molecule has 0 saturated heterocycles. The molecule has 0 spiro atoms. The van der Waals surface area contributed by atoms with Crippen molar-refractivity contribution in [3.63, 3.8) is 0 Å². The monoisotopic (exact) mass is 816 g/mol. The molecule has 5 fully saturated rings. The number of halogens is 1. The highest BCUT2D eigenvalue weighted by molar-refractivity contribution is 6.31. The number of aliphatic carboxylic acids is 1. The lowest BCUT2D eigenvalue weighted by Gasteiger charge is -2.69. The van der Waals surface area contributed by atoms with Crippen LogP contribution in [0.4, 0.5) is 0 Å². The van der Waals surface area contributed by atoms with Crippen LogP contribution in [-0.4, -0.2) is 46.5 Å². The largest absolute Gasteiger partial charge is 0.481 e. The van der Waals surface area contributed by atoms with Gasteiger partial charge in [0.2, 0.25) is 5.91 Å². The number of hydrogen-bond donors (Lipinski definition) is 3. The van der Waals surface area contributed by atoms with E-state index in [0.717, 1.165) is 50.5 Å². The van der Waals surface area contributed by atoms with Crippen molar-refractivity contribution >= 4 is 41.0 Å². The number of amides is 2. The molecule has 11 unspecified atom stereocenters. The molecule has 5 saturated carbocycles. The lowest BCUT2D eigenvalue weighted by atomic mass is 9.35. The van der Waals surface area contributed by atoms with Crippen molar-refractivity contribution < 1.29 is 29.1 Å². The van der Waals surface area contributed by atoms with E-state index in [1.807, 2.05) is 6.92 Å². The van der Waals surface area contributed by atoms with Crippen LogP contribution in [0.2, 0.25) is 5.02 Å². The average molecular weight is 818 g/mol. The first-order valence-corrected chi connectivity index (χ1v) is 22.8. The van der Waals surface area contributed by atoms with E-state index in [-0.39, 0.29) is 62.9 Å². The van der Waals surface area contributed by atoms with Crippen LogP contribution in [0.1, 0.15) is 150 Å². The van der Waals surface area contributed by atoms with Gasteiger partial charge in [-0.15, -0.1) is 0 Å². The van der Waals surface area contributed by atoms with Crippen LogP contribution >= 0.6 is 11.6 Å². The summed E-state index contributed by atoms with van der Waals surface area (Å²) < 4.78 is 0. The Balaban J connectivity index is 1.05. The van der Waals surface area contributed by atoms with Gasteiger partial charge in [0.05, 0.1) is 5.92 Å². The van der Waals surface area contributed by atoms with E-state index in [1.54, 1.807) is 38.1 Å². The number of carboxylic acids is 1. The van der Waals surface area contributed by atoms with Crippen LogP contribution in [0.25, 0.3) is 0 Å². The molecule has 1 aromatic carbocycles. The Morgan fingerprint density at radius 1 is 0.931 bits per heavy atom. The zero-order chi connectivity index (χ0) is 42.3. The number of carbonyl (C=O) groups is 5. The van der Waals surface area contributed by atoms with Gasteiger partial charge in [0.25, 0.3) is 5.91 Å². The second-order valence-electron chi connectivity index (χ2n) is 21.8. The summed E-state index contributed by atoms with van der Waals surface area (Å²) in [5.74, 6) is 1.05. The van der Waals surface area contributed by atoms with Gasteiger partial charge in [0.1, 0.15) is 11.3 Å². The van der Waals surface area contributed by atoms with Crippen LogP contribution in [0.5, 0.6) is 0 Å². The molecule has 2 amide bonds. The second kappa shape index (κ2) is 15.2. The molecule has 8 nitrogen and oxygen atoms in total. The fraction of sp³-hybridized carbons (Fsp3) is 0.735. The first kappa shape index (κ1) is 43.1. The molecule has 58 heavy (non-hydrogen) atoms. The molecular formula is C49H69ClN2O6. The quantitative estimate of drug-likeness (QED) is 0.204. The molecule has 0 aromatic heterocycles. The van der Waals surface area contributed by atoms with Crippen molar-refractivity contribution in [2.24, 2.45) is 74.9 Å². The molecule has 7 rings (SSSR count). The molecule has 0 heterocycles. The summed E-state index contributed by atoms with van der Waals surface area (Å²) >= 11 is 6.11. The number of benzene rings is 1. The molecule has 0 aliphatic heterocycles. The van der Waals surface area contributed by atoms with Crippen LogP contribution in [-0.2, 0) is 19.2 Å². The summed E-state index contributed by atoms with van der Waals surface area (Å²) in [6, 6.07) is 6.69. The number of fused-ring (bicyclic) bond motifs is 7. The summed E-state index contributed by atoms with van der Waals surface area (Å²) in [4.78, 5) is 65.9. The average Bonchev–Trinajstić information content (AvgIpc) is 3.43. The lowest BCUT2D eigenvalue weighted by Crippen LogP contribution is -2.62. The van der Waals surface area contributed by atoms with Gasteiger partial charge in [-0.2, -0.15) is 0 Å². The predicted molar refractivity (Wildman–Crippen MR) is 227 cm³/mol. The highest BCUT2D eigenvalue weighted by atomic mass is 35.5. The fourth-order valence-electron chi connectivity index (χ4n) is 14.8. The first-order chi connectivity index (χ1) is 27.1. The van der Waals surface area contributed by atoms with Gasteiger partial charge in [0, 0.05) is 41.3 Å². The van der Waals surface area contributed by atoms with E-state index in [0.29, 0.717) is 78.2 Å². The Morgan fingerprint density at radius 3 is 2.29 bits per heavy atom. The number of Topliss-reactive ketones (excluding diaryl/α,β-unsaturated/α-hetero) is 2. The summed E-state index contributed by atoms with van der Waals surface area (Å²) in [6.07, 6.45) is 11.1. The summed E-state index contributed by atoms with van der Waals surface area (Å²) in [5, 5.41) is 16.0. The van der Waals surface area contributed by atoms with Crippen molar-refractivity contribution in [3.8, 4) is 0 Å². The number of allylic oxidation sites excluding steroid dienone is 2. The number of rotatable bonds is 11. The Morgan fingerprint density at radius 2 is 1.64 bits per heavy atom. The zero-order valence-electron chi connectivity index (χ0n) is 36.6. The van der Waals surface area contributed by atoms with Gasteiger partial charge >= 0.3 is 5.97 Å². The second-order valence-corrected chi connectivity index (χ2v) is 22.3. The maximum absolute atomic E-state index is 14.1.